The molecular formula is C18H21N3O4S. The van der Waals surface area contributed by atoms with E-state index in [1.165, 1.54) is 18.4 Å². The normalized spacial score (nSPS) is 13.1. The van der Waals surface area contributed by atoms with Crippen LogP contribution in [0.25, 0.3) is 0 Å². The van der Waals surface area contributed by atoms with Crippen LogP contribution in [0.3, 0.4) is 0 Å². The molecule has 0 spiro atoms. The van der Waals surface area contributed by atoms with Crippen molar-refractivity contribution in [2.24, 2.45) is 0 Å². The summed E-state index contributed by atoms with van der Waals surface area (Å²) in [5.41, 5.74) is 2.06. The number of benzene rings is 1. The minimum absolute atomic E-state index is 0.127. The van der Waals surface area contributed by atoms with E-state index in [2.05, 4.69) is 15.0 Å². The Kier molecular flexibility index (Phi) is 5.72. The lowest BCUT2D eigenvalue weighted by atomic mass is 10.1. The first-order chi connectivity index (χ1) is 12.6. The van der Waals surface area contributed by atoms with Gasteiger partial charge in [-0.25, -0.2) is 9.78 Å². The number of aryl methyl sites for hydroxylation is 1. The first-order valence-electron chi connectivity index (χ1n) is 8.33. The Hall–Kier alpha value is -2.61. The standard InChI is InChI=1S/C18H21N3O4S/c1-24-13-6-3-12(4-7-13)5-8-16(22)21-10-9-14-15(11-21)26-17(19-14)20-18(23)25-2/h3-4,6-7H,5,8-11H2,1-2H3,(H,19,20,23). The molecular weight excluding hydrogens is 354 g/mol. The number of nitrogens with zero attached hydrogens (tertiary/aromatic N) is 2. The van der Waals surface area contributed by atoms with Crippen molar-refractivity contribution < 1.29 is 19.1 Å². The summed E-state index contributed by atoms with van der Waals surface area (Å²) in [7, 11) is 2.95. The van der Waals surface area contributed by atoms with E-state index in [0.717, 1.165) is 21.9 Å². The number of amides is 2. The predicted molar refractivity (Wildman–Crippen MR) is 98.6 cm³/mol. The van der Waals surface area contributed by atoms with Gasteiger partial charge >= 0.3 is 6.09 Å². The molecule has 0 saturated carbocycles. The zero-order chi connectivity index (χ0) is 18.5. The Balaban J connectivity index is 1.55. The molecule has 2 heterocycles. The third kappa shape index (κ3) is 4.32. The van der Waals surface area contributed by atoms with Crippen molar-refractivity contribution in [3.05, 3.63) is 40.4 Å². The van der Waals surface area contributed by atoms with Crippen molar-refractivity contribution in [1.29, 1.82) is 0 Å². The van der Waals surface area contributed by atoms with Gasteiger partial charge in [0.25, 0.3) is 0 Å². The summed E-state index contributed by atoms with van der Waals surface area (Å²) in [6.45, 7) is 1.19. The van der Waals surface area contributed by atoms with Gasteiger partial charge in [0.2, 0.25) is 5.91 Å². The highest BCUT2D eigenvalue weighted by atomic mass is 32.1. The van der Waals surface area contributed by atoms with Gasteiger partial charge in [0.05, 0.1) is 26.5 Å². The summed E-state index contributed by atoms with van der Waals surface area (Å²) in [5.74, 6) is 0.938. The second-order valence-corrected chi connectivity index (χ2v) is 7.00. The van der Waals surface area contributed by atoms with E-state index in [1.807, 2.05) is 29.2 Å². The van der Waals surface area contributed by atoms with Crippen LogP contribution in [0, 0.1) is 0 Å². The predicted octanol–water partition coefficient (Wildman–Crippen LogP) is 2.85. The van der Waals surface area contributed by atoms with Gasteiger partial charge in [-0.15, -0.1) is 0 Å². The molecule has 26 heavy (non-hydrogen) atoms. The number of carbonyl (C=O) groups is 2. The highest BCUT2D eigenvalue weighted by Crippen LogP contribution is 2.28. The lowest BCUT2D eigenvalue weighted by molar-refractivity contribution is -0.132. The lowest BCUT2D eigenvalue weighted by Gasteiger charge is -2.26. The topological polar surface area (TPSA) is 80.8 Å². The number of aromatic nitrogens is 1. The van der Waals surface area contributed by atoms with Crippen LogP contribution in [0.4, 0.5) is 9.93 Å². The SMILES string of the molecule is COC(=O)Nc1nc2c(s1)CN(C(=O)CCc1ccc(OC)cc1)CC2. The largest absolute Gasteiger partial charge is 0.497 e. The Morgan fingerprint density at radius 2 is 2.04 bits per heavy atom. The third-order valence-electron chi connectivity index (χ3n) is 4.26. The van der Waals surface area contributed by atoms with E-state index in [9.17, 15) is 9.59 Å². The van der Waals surface area contributed by atoms with E-state index in [-0.39, 0.29) is 5.91 Å². The minimum Gasteiger partial charge on any atom is -0.497 e. The molecule has 2 aromatic rings. The van der Waals surface area contributed by atoms with E-state index >= 15 is 0 Å². The lowest BCUT2D eigenvalue weighted by Crippen LogP contribution is -2.35. The van der Waals surface area contributed by atoms with Gasteiger partial charge in [-0.3, -0.25) is 10.1 Å². The zero-order valence-corrected chi connectivity index (χ0v) is 15.6. The number of rotatable bonds is 5. The highest BCUT2D eigenvalue weighted by molar-refractivity contribution is 7.15. The molecule has 1 aliphatic rings. The number of thiazole rings is 1. The van der Waals surface area contributed by atoms with Crippen LogP contribution in [-0.4, -0.2) is 42.6 Å². The molecule has 138 valence electrons. The maximum atomic E-state index is 12.5. The molecule has 0 bridgehead atoms. The van der Waals surface area contributed by atoms with Gasteiger partial charge in [0.15, 0.2) is 5.13 Å². The molecule has 0 radical (unpaired) electrons. The van der Waals surface area contributed by atoms with Gasteiger partial charge in [-0.1, -0.05) is 23.5 Å². The smallest absolute Gasteiger partial charge is 0.413 e. The van der Waals surface area contributed by atoms with Gasteiger partial charge in [0, 0.05) is 24.3 Å². The fourth-order valence-electron chi connectivity index (χ4n) is 2.80. The summed E-state index contributed by atoms with van der Waals surface area (Å²) in [5, 5.41) is 3.09. The number of ether oxygens (including phenoxy) is 2. The molecule has 0 saturated heterocycles. The maximum Gasteiger partial charge on any atom is 0.413 e. The number of fused-ring (bicyclic) bond motifs is 1. The van der Waals surface area contributed by atoms with Crippen molar-refractivity contribution in [3.8, 4) is 5.75 Å². The zero-order valence-electron chi connectivity index (χ0n) is 14.8. The monoisotopic (exact) mass is 375 g/mol. The molecule has 0 unspecified atom stereocenters. The van der Waals surface area contributed by atoms with Crippen LogP contribution in [0.5, 0.6) is 5.75 Å². The van der Waals surface area contributed by atoms with E-state index in [0.29, 0.717) is 37.5 Å². The first kappa shape index (κ1) is 18.2. The molecule has 1 aromatic carbocycles. The Labute approximate surface area is 155 Å². The second kappa shape index (κ2) is 8.18. The van der Waals surface area contributed by atoms with Crippen LogP contribution >= 0.6 is 11.3 Å². The molecule has 1 N–H and O–H groups in total. The van der Waals surface area contributed by atoms with Gasteiger partial charge in [-0.2, -0.15) is 0 Å². The summed E-state index contributed by atoms with van der Waals surface area (Å²) >= 11 is 1.39. The summed E-state index contributed by atoms with van der Waals surface area (Å²) in [6, 6.07) is 7.77. The van der Waals surface area contributed by atoms with Crippen LogP contribution in [-0.2, 0) is 28.9 Å². The van der Waals surface area contributed by atoms with Crippen LogP contribution in [0.2, 0.25) is 0 Å². The Bertz CT molecular complexity index is 788. The number of carbonyl (C=O) groups excluding carboxylic acids is 2. The van der Waals surface area contributed by atoms with Crippen molar-refractivity contribution in [2.45, 2.75) is 25.8 Å². The van der Waals surface area contributed by atoms with E-state index in [4.69, 9.17) is 4.74 Å². The average Bonchev–Trinajstić information content (AvgIpc) is 3.07. The average molecular weight is 375 g/mol. The number of hydrogen-bond acceptors (Lipinski definition) is 6. The van der Waals surface area contributed by atoms with Crippen molar-refractivity contribution in [3.63, 3.8) is 0 Å². The Morgan fingerprint density at radius 3 is 2.73 bits per heavy atom. The van der Waals surface area contributed by atoms with E-state index < -0.39 is 6.09 Å². The molecule has 0 atom stereocenters. The first-order valence-corrected chi connectivity index (χ1v) is 9.15. The summed E-state index contributed by atoms with van der Waals surface area (Å²) in [6.07, 6.45) is 1.32. The number of methoxy groups -OCH3 is 2. The van der Waals surface area contributed by atoms with Gasteiger partial charge in [-0.05, 0) is 24.1 Å². The van der Waals surface area contributed by atoms with Crippen LogP contribution < -0.4 is 10.1 Å². The molecule has 1 aromatic heterocycles. The summed E-state index contributed by atoms with van der Waals surface area (Å²) in [4.78, 5) is 31.1. The van der Waals surface area contributed by atoms with Crippen LogP contribution in [0.15, 0.2) is 24.3 Å². The van der Waals surface area contributed by atoms with E-state index in [1.54, 1.807) is 7.11 Å². The molecule has 8 heteroatoms. The van der Waals surface area contributed by atoms with Crippen LogP contribution in [0.1, 0.15) is 22.6 Å². The Morgan fingerprint density at radius 1 is 1.27 bits per heavy atom. The fourth-order valence-corrected chi connectivity index (χ4v) is 3.81. The second-order valence-electron chi connectivity index (χ2n) is 5.92. The number of hydrogen-bond donors (Lipinski definition) is 1. The third-order valence-corrected chi connectivity index (χ3v) is 5.26. The molecule has 2 amide bonds. The number of anilines is 1. The molecule has 0 fully saturated rings. The molecule has 1 aliphatic heterocycles. The molecule has 3 rings (SSSR count). The minimum atomic E-state index is -0.538. The highest BCUT2D eigenvalue weighted by Gasteiger charge is 2.24. The molecule has 7 nitrogen and oxygen atoms in total. The quantitative estimate of drug-likeness (QED) is 0.869. The van der Waals surface area contributed by atoms with Gasteiger partial charge < -0.3 is 14.4 Å². The van der Waals surface area contributed by atoms with Crippen molar-refractivity contribution in [2.75, 3.05) is 26.1 Å². The number of nitrogens with one attached hydrogen (secondary N) is 1. The fraction of sp³-hybridized carbons (Fsp3) is 0.389. The molecule has 0 aliphatic carbocycles. The van der Waals surface area contributed by atoms with Gasteiger partial charge in [0.1, 0.15) is 5.75 Å². The maximum absolute atomic E-state index is 12.5. The van der Waals surface area contributed by atoms with Crippen molar-refractivity contribution >= 4 is 28.5 Å². The van der Waals surface area contributed by atoms with Crippen molar-refractivity contribution in [1.82, 2.24) is 9.88 Å². The summed E-state index contributed by atoms with van der Waals surface area (Å²) < 4.78 is 9.72.